The van der Waals surface area contributed by atoms with Crippen LogP contribution in [0.15, 0.2) is 23.2 Å². The molecule has 130 valence electrons. The molecule has 4 heterocycles. The number of carbonyl (C=O) groups excluding carboxylic acids is 1. The summed E-state index contributed by atoms with van der Waals surface area (Å²) in [5, 5.41) is 7.23. The number of nitrogens with one attached hydrogen (secondary N) is 1. The summed E-state index contributed by atoms with van der Waals surface area (Å²) in [5.74, 6) is 2.01. The molecule has 0 radical (unpaired) electrons. The molecule has 0 unspecified atom stereocenters. The molecule has 0 saturated heterocycles. The van der Waals surface area contributed by atoms with Crippen LogP contribution in [0.25, 0.3) is 11.3 Å². The van der Waals surface area contributed by atoms with Crippen molar-refractivity contribution in [3.05, 3.63) is 36.1 Å². The topological polar surface area (TPSA) is 90.8 Å². The highest BCUT2D eigenvalue weighted by atomic mass is 16.3. The lowest BCUT2D eigenvalue weighted by Gasteiger charge is -2.16. The number of fused-ring (bicyclic) bond motifs is 1. The van der Waals surface area contributed by atoms with Crippen LogP contribution < -0.4 is 5.32 Å². The molecule has 8 nitrogen and oxygen atoms in total. The van der Waals surface area contributed by atoms with Crippen molar-refractivity contribution in [3.63, 3.8) is 0 Å². The van der Waals surface area contributed by atoms with E-state index < -0.39 is 0 Å². The fourth-order valence-electron chi connectivity index (χ4n) is 3.23. The zero-order valence-electron chi connectivity index (χ0n) is 14.3. The van der Waals surface area contributed by atoms with Gasteiger partial charge < -0.3 is 14.3 Å². The molecule has 0 bridgehead atoms. The summed E-state index contributed by atoms with van der Waals surface area (Å²) in [7, 11) is 1.86. The predicted molar refractivity (Wildman–Crippen MR) is 91.2 cm³/mol. The van der Waals surface area contributed by atoms with E-state index >= 15 is 0 Å². The number of rotatable bonds is 4. The number of nitrogens with zero attached hydrogens (tertiary/aromatic N) is 5. The van der Waals surface area contributed by atoms with E-state index in [1.165, 1.54) is 6.39 Å². The van der Waals surface area contributed by atoms with Gasteiger partial charge in [-0.3, -0.25) is 9.48 Å². The first kappa shape index (κ1) is 15.6. The minimum absolute atomic E-state index is 0.274. The summed E-state index contributed by atoms with van der Waals surface area (Å²) in [4.78, 5) is 21.6. The van der Waals surface area contributed by atoms with Gasteiger partial charge in [-0.25, -0.2) is 9.97 Å². The normalized spacial score (nSPS) is 13.7. The molecule has 3 aromatic heterocycles. The smallest absolute Gasteiger partial charge is 0.279 e. The average molecular weight is 340 g/mol. The molecule has 1 N–H and O–H groups in total. The molecule has 25 heavy (non-hydrogen) atoms. The zero-order valence-corrected chi connectivity index (χ0v) is 14.3. The van der Waals surface area contributed by atoms with Crippen molar-refractivity contribution in [2.24, 2.45) is 7.05 Å². The number of aromatic nitrogens is 5. The molecule has 0 aliphatic carbocycles. The standard InChI is InChI=1S/C17H20N6O2/c1-3-12-15(18-10-25-12)17(24)21-16-14(11-8-19-22(2)9-11)20-13-6-4-5-7-23(13)16/h8-10H,3-7H2,1-2H3,(H,21,24). The van der Waals surface area contributed by atoms with Crippen LogP contribution in [0, 0.1) is 0 Å². The summed E-state index contributed by atoms with van der Waals surface area (Å²) >= 11 is 0. The van der Waals surface area contributed by atoms with Gasteiger partial charge in [0.25, 0.3) is 5.91 Å². The van der Waals surface area contributed by atoms with Crippen molar-refractivity contribution < 1.29 is 9.21 Å². The second-order valence-electron chi connectivity index (χ2n) is 6.17. The number of amides is 1. The first-order valence-electron chi connectivity index (χ1n) is 8.49. The third kappa shape index (κ3) is 2.73. The van der Waals surface area contributed by atoms with Gasteiger partial charge in [0, 0.05) is 38.2 Å². The Morgan fingerprint density at radius 1 is 1.40 bits per heavy atom. The number of oxazole rings is 1. The Morgan fingerprint density at radius 2 is 2.28 bits per heavy atom. The quantitative estimate of drug-likeness (QED) is 0.787. The molecule has 1 amide bonds. The molecule has 1 aliphatic rings. The van der Waals surface area contributed by atoms with Gasteiger partial charge in [-0.2, -0.15) is 5.10 Å². The fourth-order valence-corrected chi connectivity index (χ4v) is 3.23. The maximum Gasteiger partial charge on any atom is 0.279 e. The van der Waals surface area contributed by atoms with Crippen LogP contribution in [0.5, 0.6) is 0 Å². The van der Waals surface area contributed by atoms with E-state index in [4.69, 9.17) is 9.40 Å². The summed E-state index contributed by atoms with van der Waals surface area (Å²) < 4.78 is 9.10. The molecule has 4 rings (SSSR count). The molecule has 8 heteroatoms. The Labute approximate surface area is 144 Å². The summed E-state index contributed by atoms with van der Waals surface area (Å²) in [6.45, 7) is 2.77. The van der Waals surface area contributed by atoms with Gasteiger partial charge in [-0.1, -0.05) is 6.92 Å². The van der Waals surface area contributed by atoms with Crippen LogP contribution in [0.2, 0.25) is 0 Å². The molecular formula is C17H20N6O2. The summed E-state index contributed by atoms with van der Waals surface area (Å²) in [5.41, 5.74) is 1.96. The predicted octanol–water partition coefficient (Wildman–Crippen LogP) is 2.42. The van der Waals surface area contributed by atoms with E-state index in [-0.39, 0.29) is 5.91 Å². The van der Waals surface area contributed by atoms with Gasteiger partial charge in [0.2, 0.25) is 0 Å². The number of aryl methyl sites for hydroxylation is 3. The second kappa shape index (κ2) is 6.19. The SMILES string of the molecule is CCc1ocnc1C(=O)Nc1c(-c2cnn(C)c2)nc2n1CCCC2. The molecule has 0 saturated carbocycles. The summed E-state index contributed by atoms with van der Waals surface area (Å²) in [6, 6.07) is 0. The lowest BCUT2D eigenvalue weighted by molar-refractivity contribution is 0.102. The minimum atomic E-state index is -0.274. The van der Waals surface area contributed by atoms with Gasteiger partial charge in [0.05, 0.1) is 6.20 Å². The summed E-state index contributed by atoms with van der Waals surface area (Å²) in [6.07, 6.45) is 8.68. The van der Waals surface area contributed by atoms with E-state index in [0.29, 0.717) is 23.7 Å². The van der Waals surface area contributed by atoms with Crippen molar-refractivity contribution in [2.75, 3.05) is 5.32 Å². The van der Waals surface area contributed by atoms with Crippen LogP contribution >= 0.6 is 0 Å². The third-order valence-corrected chi connectivity index (χ3v) is 4.47. The largest absolute Gasteiger partial charge is 0.448 e. The fraction of sp³-hybridized carbons (Fsp3) is 0.412. The number of hydrogen-bond acceptors (Lipinski definition) is 5. The van der Waals surface area contributed by atoms with Crippen molar-refractivity contribution >= 4 is 11.7 Å². The highest BCUT2D eigenvalue weighted by molar-refractivity contribution is 6.04. The van der Waals surface area contributed by atoms with Crippen LogP contribution in [0.4, 0.5) is 5.82 Å². The molecule has 0 spiro atoms. The number of imidazole rings is 1. The zero-order chi connectivity index (χ0) is 17.4. The highest BCUT2D eigenvalue weighted by Crippen LogP contribution is 2.32. The van der Waals surface area contributed by atoms with Crippen molar-refractivity contribution in [1.82, 2.24) is 24.3 Å². The molecule has 0 fully saturated rings. The third-order valence-electron chi connectivity index (χ3n) is 4.47. The highest BCUT2D eigenvalue weighted by Gasteiger charge is 2.25. The van der Waals surface area contributed by atoms with Crippen molar-refractivity contribution in [2.45, 2.75) is 39.2 Å². The maximum absolute atomic E-state index is 12.7. The van der Waals surface area contributed by atoms with Gasteiger partial charge in [0.15, 0.2) is 12.1 Å². The molecule has 3 aromatic rings. The Balaban J connectivity index is 1.75. The van der Waals surface area contributed by atoms with E-state index in [9.17, 15) is 4.79 Å². The lowest BCUT2D eigenvalue weighted by Crippen LogP contribution is -2.19. The Morgan fingerprint density at radius 3 is 3.04 bits per heavy atom. The first-order valence-corrected chi connectivity index (χ1v) is 8.49. The maximum atomic E-state index is 12.7. The second-order valence-corrected chi connectivity index (χ2v) is 6.17. The van der Waals surface area contributed by atoms with Crippen LogP contribution in [0.3, 0.4) is 0 Å². The van der Waals surface area contributed by atoms with Gasteiger partial charge in [-0.15, -0.1) is 0 Å². The molecule has 0 atom stereocenters. The van der Waals surface area contributed by atoms with Gasteiger partial charge >= 0.3 is 0 Å². The van der Waals surface area contributed by atoms with Crippen LogP contribution in [-0.4, -0.2) is 30.2 Å². The molecular weight excluding hydrogens is 320 g/mol. The van der Waals surface area contributed by atoms with E-state index in [2.05, 4.69) is 20.0 Å². The van der Waals surface area contributed by atoms with Crippen molar-refractivity contribution in [3.8, 4) is 11.3 Å². The van der Waals surface area contributed by atoms with Crippen molar-refractivity contribution in [1.29, 1.82) is 0 Å². The molecule has 1 aliphatic heterocycles. The Bertz CT molecular complexity index is 920. The lowest BCUT2D eigenvalue weighted by atomic mass is 10.2. The first-order chi connectivity index (χ1) is 12.2. The van der Waals surface area contributed by atoms with Crippen LogP contribution in [0.1, 0.15) is 41.8 Å². The minimum Gasteiger partial charge on any atom is -0.448 e. The van der Waals surface area contributed by atoms with E-state index in [1.807, 2.05) is 20.2 Å². The monoisotopic (exact) mass is 340 g/mol. The number of anilines is 1. The van der Waals surface area contributed by atoms with Gasteiger partial charge in [-0.05, 0) is 12.8 Å². The Hall–Kier alpha value is -2.90. The Kier molecular flexibility index (Phi) is 3.87. The molecule has 0 aromatic carbocycles. The number of carbonyl (C=O) groups is 1. The number of hydrogen-bond donors (Lipinski definition) is 1. The van der Waals surface area contributed by atoms with E-state index in [1.54, 1.807) is 10.9 Å². The average Bonchev–Trinajstić information content (AvgIpc) is 3.33. The van der Waals surface area contributed by atoms with Gasteiger partial charge in [0.1, 0.15) is 23.1 Å². The van der Waals surface area contributed by atoms with E-state index in [0.717, 1.165) is 42.9 Å². The van der Waals surface area contributed by atoms with Crippen LogP contribution in [-0.2, 0) is 26.4 Å².